The van der Waals surface area contributed by atoms with Crippen LogP contribution in [0.25, 0.3) is 17.4 Å². The first-order valence-corrected chi connectivity index (χ1v) is 11.3. The Kier molecular flexibility index (Phi) is 7.50. The van der Waals surface area contributed by atoms with Crippen molar-refractivity contribution in [3.05, 3.63) is 114 Å². The monoisotopic (exact) mass is 481 g/mol. The van der Waals surface area contributed by atoms with Crippen molar-refractivity contribution in [2.24, 2.45) is 0 Å². The topological polar surface area (TPSA) is 83.4 Å². The first-order valence-electron chi connectivity index (χ1n) is 10.9. The Morgan fingerprint density at radius 3 is 2.31 bits per heavy atom. The van der Waals surface area contributed by atoms with E-state index in [1.807, 2.05) is 61.5 Å². The molecule has 0 atom stereocenters. The second-order valence-electron chi connectivity index (χ2n) is 7.69. The van der Waals surface area contributed by atoms with Crippen LogP contribution < -0.4 is 16.0 Å². The summed E-state index contributed by atoms with van der Waals surface area (Å²) in [4.78, 5) is 24.8. The van der Waals surface area contributed by atoms with Crippen molar-refractivity contribution in [3.8, 4) is 11.3 Å². The molecule has 3 N–H and O–H groups in total. The Morgan fingerprint density at radius 2 is 1.54 bits per heavy atom. The quantitative estimate of drug-likeness (QED) is 0.231. The summed E-state index contributed by atoms with van der Waals surface area (Å²) in [5.74, 6) is 0.672. The van der Waals surface area contributed by atoms with Crippen LogP contribution in [0.2, 0.25) is 0 Å². The third kappa shape index (κ3) is 6.52. The third-order valence-corrected chi connectivity index (χ3v) is 5.29. The van der Waals surface area contributed by atoms with Gasteiger partial charge in [0.25, 0.3) is 5.91 Å². The normalized spacial score (nSPS) is 10.7. The van der Waals surface area contributed by atoms with E-state index in [0.29, 0.717) is 22.7 Å². The standard InChI is InChI=1S/C28H23N3O3S/c1-19-8-5-6-13-24(19)27(33)29-21-11-7-12-22(18-21)30-28(35)31-26(32)17-15-23-14-16-25(34-23)20-9-3-2-4-10-20/h2-18H,1H3,(H,29,33)(H2,30,31,32,35)/b17-15+. The summed E-state index contributed by atoms with van der Waals surface area (Å²) in [6, 6.07) is 27.8. The Labute approximate surface area is 208 Å². The molecule has 35 heavy (non-hydrogen) atoms. The highest BCUT2D eigenvalue weighted by Crippen LogP contribution is 2.22. The molecule has 0 saturated heterocycles. The maximum Gasteiger partial charge on any atom is 0.255 e. The molecule has 3 aromatic carbocycles. The molecule has 0 unspecified atom stereocenters. The Balaban J connectivity index is 1.31. The van der Waals surface area contributed by atoms with Crippen LogP contribution in [0.1, 0.15) is 21.7 Å². The van der Waals surface area contributed by atoms with Gasteiger partial charge < -0.3 is 15.1 Å². The van der Waals surface area contributed by atoms with Crippen molar-refractivity contribution in [2.75, 3.05) is 10.6 Å². The molecule has 0 radical (unpaired) electrons. The Hall–Kier alpha value is -4.49. The number of rotatable bonds is 6. The van der Waals surface area contributed by atoms with Gasteiger partial charge in [0, 0.05) is 28.6 Å². The van der Waals surface area contributed by atoms with Gasteiger partial charge in [0.05, 0.1) is 0 Å². The molecular weight excluding hydrogens is 458 g/mol. The first kappa shape index (κ1) is 23.7. The van der Waals surface area contributed by atoms with Gasteiger partial charge in [-0.2, -0.15) is 0 Å². The molecule has 0 fully saturated rings. The van der Waals surface area contributed by atoms with Crippen molar-refractivity contribution in [3.63, 3.8) is 0 Å². The summed E-state index contributed by atoms with van der Waals surface area (Å²) in [6.07, 6.45) is 2.92. The zero-order chi connectivity index (χ0) is 24.6. The molecule has 0 aliphatic heterocycles. The van der Waals surface area contributed by atoms with Crippen LogP contribution in [-0.2, 0) is 4.79 Å². The maximum atomic E-state index is 12.6. The van der Waals surface area contributed by atoms with Crippen molar-refractivity contribution in [1.29, 1.82) is 0 Å². The van der Waals surface area contributed by atoms with Crippen molar-refractivity contribution >= 4 is 46.6 Å². The minimum absolute atomic E-state index is 0.131. The number of nitrogens with one attached hydrogen (secondary N) is 3. The number of hydrogen-bond donors (Lipinski definition) is 3. The average Bonchev–Trinajstić information content (AvgIpc) is 3.33. The van der Waals surface area contributed by atoms with Crippen LogP contribution in [0.15, 0.2) is 101 Å². The molecule has 1 aromatic heterocycles. The summed E-state index contributed by atoms with van der Waals surface area (Å²) < 4.78 is 5.76. The molecule has 1 heterocycles. The van der Waals surface area contributed by atoms with E-state index < -0.39 is 5.91 Å². The van der Waals surface area contributed by atoms with Crippen molar-refractivity contribution in [1.82, 2.24) is 5.32 Å². The van der Waals surface area contributed by atoms with Gasteiger partial charge in [-0.15, -0.1) is 0 Å². The van der Waals surface area contributed by atoms with Gasteiger partial charge in [-0.3, -0.25) is 14.9 Å². The van der Waals surface area contributed by atoms with Gasteiger partial charge in [0.1, 0.15) is 11.5 Å². The number of amides is 2. The maximum absolute atomic E-state index is 12.6. The number of thiocarbonyl (C=S) groups is 1. The van der Waals surface area contributed by atoms with Crippen molar-refractivity contribution in [2.45, 2.75) is 6.92 Å². The predicted octanol–water partition coefficient (Wildman–Crippen LogP) is 6.03. The van der Waals surface area contributed by atoms with E-state index in [2.05, 4.69) is 16.0 Å². The van der Waals surface area contributed by atoms with Crippen LogP contribution in [0, 0.1) is 6.92 Å². The van der Waals surface area contributed by atoms with E-state index in [-0.39, 0.29) is 11.0 Å². The lowest BCUT2D eigenvalue weighted by Gasteiger charge is -2.11. The second kappa shape index (κ2) is 11.1. The van der Waals surface area contributed by atoms with E-state index >= 15 is 0 Å². The molecule has 0 saturated carbocycles. The van der Waals surface area contributed by atoms with E-state index in [1.54, 1.807) is 42.5 Å². The SMILES string of the molecule is Cc1ccccc1C(=O)Nc1cccc(NC(=S)NC(=O)/C=C/c2ccc(-c3ccccc3)o2)c1. The lowest BCUT2D eigenvalue weighted by atomic mass is 10.1. The van der Waals surface area contributed by atoms with Gasteiger partial charge in [-0.25, -0.2) is 0 Å². The minimum atomic E-state index is -0.399. The highest BCUT2D eigenvalue weighted by Gasteiger charge is 2.09. The van der Waals surface area contributed by atoms with E-state index in [0.717, 1.165) is 16.9 Å². The van der Waals surface area contributed by atoms with E-state index in [9.17, 15) is 9.59 Å². The van der Waals surface area contributed by atoms with Crippen molar-refractivity contribution < 1.29 is 14.0 Å². The number of anilines is 2. The molecular formula is C28H23N3O3S. The van der Waals surface area contributed by atoms with Gasteiger partial charge in [-0.1, -0.05) is 54.6 Å². The van der Waals surface area contributed by atoms with Gasteiger partial charge >= 0.3 is 0 Å². The first-order chi connectivity index (χ1) is 17.0. The third-order valence-electron chi connectivity index (χ3n) is 5.09. The molecule has 2 amide bonds. The highest BCUT2D eigenvalue weighted by atomic mass is 32.1. The molecule has 0 spiro atoms. The molecule has 6 nitrogen and oxygen atoms in total. The fourth-order valence-electron chi connectivity index (χ4n) is 3.37. The van der Waals surface area contributed by atoms with Gasteiger partial charge in [0.15, 0.2) is 5.11 Å². The summed E-state index contributed by atoms with van der Waals surface area (Å²) >= 11 is 5.25. The molecule has 4 rings (SSSR count). The number of aryl methyl sites for hydroxylation is 1. The molecule has 7 heteroatoms. The Bertz CT molecular complexity index is 1390. The second-order valence-corrected chi connectivity index (χ2v) is 8.10. The summed E-state index contributed by atoms with van der Waals surface area (Å²) in [5.41, 5.74) is 3.68. The largest absolute Gasteiger partial charge is 0.457 e. The number of carbonyl (C=O) groups is 2. The van der Waals surface area contributed by atoms with Crippen LogP contribution in [0.4, 0.5) is 11.4 Å². The molecule has 4 aromatic rings. The summed E-state index contributed by atoms with van der Waals surface area (Å²) in [6.45, 7) is 1.89. The zero-order valence-corrected chi connectivity index (χ0v) is 19.8. The lowest BCUT2D eigenvalue weighted by Crippen LogP contribution is -2.32. The van der Waals surface area contributed by atoms with E-state index in [4.69, 9.17) is 16.6 Å². The number of hydrogen-bond acceptors (Lipinski definition) is 4. The van der Waals surface area contributed by atoms with Crippen LogP contribution >= 0.6 is 12.2 Å². The van der Waals surface area contributed by atoms with Crippen LogP contribution in [-0.4, -0.2) is 16.9 Å². The smallest absolute Gasteiger partial charge is 0.255 e. The lowest BCUT2D eigenvalue weighted by molar-refractivity contribution is -0.115. The van der Waals surface area contributed by atoms with Crippen LogP contribution in [0.3, 0.4) is 0 Å². The number of furan rings is 1. The zero-order valence-electron chi connectivity index (χ0n) is 18.9. The number of benzene rings is 3. The molecule has 0 bridgehead atoms. The molecule has 0 aliphatic rings. The average molecular weight is 482 g/mol. The molecule has 174 valence electrons. The van der Waals surface area contributed by atoms with E-state index in [1.165, 1.54) is 6.08 Å². The Morgan fingerprint density at radius 1 is 0.829 bits per heavy atom. The van der Waals surface area contributed by atoms with Gasteiger partial charge in [0.2, 0.25) is 5.91 Å². The summed E-state index contributed by atoms with van der Waals surface area (Å²) in [7, 11) is 0. The summed E-state index contributed by atoms with van der Waals surface area (Å²) in [5, 5.41) is 8.55. The minimum Gasteiger partial charge on any atom is -0.457 e. The van der Waals surface area contributed by atoms with Crippen LogP contribution in [0.5, 0.6) is 0 Å². The predicted molar refractivity (Wildman–Crippen MR) is 143 cm³/mol. The van der Waals surface area contributed by atoms with Gasteiger partial charge in [-0.05, 0) is 67.2 Å². The molecule has 0 aliphatic carbocycles. The number of carbonyl (C=O) groups excluding carboxylic acids is 2. The fraction of sp³-hybridized carbons (Fsp3) is 0.0357. The fourth-order valence-corrected chi connectivity index (χ4v) is 3.59. The highest BCUT2D eigenvalue weighted by molar-refractivity contribution is 7.80.